The van der Waals surface area contributed by atoms with Crippen molar-refractivity contribution in [2.24, 2.45) is 5.73 Å². The standard InChI is InChI=1S/C15H22N2/c1-11(12(2)16)9-13-6-7-15-14(10-13)5-4-8-17(15)3/h6-7,9-10,12H,4-5,8,16H2,1-3H3/b11-9+. The fraction of sp³-hybridized carbons (Fsp3) is 0.467. The van der Waals surface area contributed by atoms with E-state index in [9.17, 15) is 0 Å². The lowest BCUT2D eigenvalue weighted by Crippen LogP contribution is -2.24. The van der Waals surface area contributed by atoms with Crippen LogP contribution in [0.4, 0.5) is 5.69 Å². The molecule has 1 unspecified atom stereocenters. The molecule has 1 atom stereocenters. The van der Waals surface area contributed by atoms with Crippen LogP contribution in [0.2, 0.25) is 0 Å². The Morgan fingerprint density at radius 1 is 1.47 bits per heavy atom. The van der Waals surface area contributed by atoms with E-state index in [-0.39, 0.29) is 6.04 Å². The van der Waals surface area contributed by atoms with Gasteiger partial charge in [-0.15, -0.1) is 0 Å². The van der Waals surface area contributed by atoms with E-state index in [2.05, 4.69) is 43.1 Å². The van der Waals surface area contributed by atoms with E-state index in [1.807, 2.05) is 6.92 Å². The highest BCUT2D eigenvalue weighted by Gasteiger charge is 2.13. The van der Waals surface area contributed by atoms with Crippen molar-refractivity contribution in [3.8, 4) is 0 Å². The summed E-state index contributed by atoms with van der Waals surface area (Å²) in [4.78, 5) is 2.34. The third-order valence-electron chi connectivity index (χ3n) is 3.57. The van der Waals surface area contributed by atoms with E-state index >= 15 is 0 Å². The molecule has 17 heavy (non-hydrogen) atoms. The number of rotatable bonds is 2. The summed E-state index contributed by atoms with van der Waals surface area (Å²) < 4.78 is 0. The summed E-state index contributed by atoms with van der Waals surface area (Å²) in [6, 6.07) is 6.85. The monoisotopic (exact) mass is 230 g/mol. The number of nitrogens with zero attached hydrogens (tertiary/aromatic N) is 1. The van der Waals surface area contributed by atoms with Gasteiger partial charge in [0.25, 0.3) is 0 Å². The van der Waals surface area contributed by atoms with Gasteiger partial charge in [0.2, 0.25) is 0 Å². The maximum absolute atomic E-state index is 5.87. The second kappa shape index (κ2) is 4.92. The van der Waals surface area contributed by atoms with Gasteiger partial charge in [0.1, 0.15) is 0 Å². The lowest BCUT2D eigenvalue weighted by Gasteiger charge is -2.27. The molecule has 0 spiro atoms. The quantitative estimate of drug-likeness (QED) is 0.846. The summed E-state index contributed by atoms with van der Waals surface area (Å²) in [5.74, 6) is 0. The number of fused-ring (bicyclic) bond motifs is 1. The van der Waals surface area contributed by atoms with Crippen molar-refractivity contribution in [1.29, 1.82) is 0 Å². The van der Waals surface area contributed by atoms with Gasteiger partial charge < -0.3 is 10.6 Å². The van der Waals surface area contributed by atoms with Crippen molar-refractivity contribution in [2.75, 3.05) is 18.5 Å². The highest BCUT2D eigenvalue weighted by Crippen LogP contribution is 2.27. The maximum atomic E-state index is 5.87. The molecular formula is C15H22N2. The van der Waals surface area contributed by atoms with Crippen LogP contribution < -0.4 is 10.6 Å². The Morgan fingerprint density at radius 2 is 2.24 bits per heavy atom. The van der Waals surface area contributed by atoms with Gasteiger partial charge in [0.15, 0.2) is 0 Å². The molecule has 2 N–H and O–H groups in total. The van der Waals surface area contributed by atoms with E-state index in [4.69, 9.17) is 5.73 Å². The molecule has 0 saturated heterocycles. The van der Waals surface area contributed by atoms with Gasteiger partial charge in [-0.2, -0.15) is 0 Å². The third-order valence-corrected chi connectivity index (χ3v) is 3.57. The molecule has 1 aliphatic rings. The van der Waals surface area contributed by atoms with Gasteiger partial charge in [-0.05, 0) is 49.9 Å². The summed E-state index contributed by atoms with van der Waals surface area (Å²) in [7, 11) is 2.17. The number of anilines is 1. The van der Waals surface area contributed by atoms with Crippen LogP contribution in [-0.2, 0) is 6.42 Å². The van der Waals surface area contributed by atoms with Crippen LogP contribution in [0, 0.1) is 0 Å². The van der Waals surface area contributed by atoms with E-state index in [0.29, 0.717) is 0 Å². The molecule has 92 valence electrons. The zero-order chi connectivity index (χ0) is 12.4. The van der Waals surface area contributed by atoms with Gasteiger partial charge >= 0.3 is 0 Å². The van der Waals surface area contributed by atoms with Gasteiger partial charge in [0, 0.05) is 25.3 Å². The van der Waals surface area contributed by atoms with Crippen LogP contribution in [0.5, 0.6) is 0 Å². The topological polar surface area (TPSA) is 29.3 Å². The second-order valence-corrected chi connectivity index (χ2v) is 5.09. The van der Waals surface area contributed by atoms with E-state index < -0.39 is 0 Å². The number of hydrogen-bond donors (Lipinski definition) is 1. The fourth-order valence-corrected chi connectivity index (χ4v) is 2.29. The molecule has 0 radical (unpaired) electrons. The maximum Gasteiger partial charge on any atom is 0.0396 e. The average Bonchev–Trinajstić information content (AvgIpc) is 2.29. The summed E-state index contributed by atoms with van der Waals surface area (Å²) in [6.45, 7) is 5.29. The Balaban J connectivity index is 2.31. The van der Waals surface area contributed by atoms with Crippen LogP contribution in [0.15, 0.2) is 23.8 Å². The summed E-state index contributed by atoms with van der Waals surface area (Å²) in [6.07, 6.45) is 4.64. The van der Waals surface area contributed by atoms with Crippen LogP contribution in [0.25, 0.3) is 6.08 Å². The Hall–Kier alpha value is -1.28. The molecule has 2 nitrogen and oxygen atoms in total. The molecule has 0 aliphatic carbocycles. The molecule has 2 rings (SSSR count). The van der Waals surface area contributed by atoms with E-state index in [1.165, 1.54) is 41.8 Å². The Kier molecular flexibility index (Phi) is 3.53. The van der Waals surface area contributed by atoms with Crippen molar-refractivity contribution >= 4 is 11.8 Å². The molecule has 0 bridgehead atoms. The first-order chi connectivity index (χ1) is 8.08. The number of benzene rings is 1. The SMILES string of the molecule is C/C(=C\c1ccc2c(c1)CCCN2C)C(C)N. The molecule has 1 heterocycles. The van der Waals surface area contributed by atoms with Gasteiger partial charge in [0.05, 0.1) is 0 Å². The molecular weight excluding hydrogens is 208 g/mol. The first-order valence-corrected chi connectivity index (χ1v) is 6.36. The Morgan fingerprint density at radius 3 is 2.94 bits per heavy atom. The molecule has 1 aliphatic heterocycles. The largest absolute Gasteiger partial charge is 0.374 e. The Labute approximate surface area is 104 Å². The average molecular weight is 230 g/mol. The van der Waals surface area contributed by atoms with Gasteiger partial charge in [-0.1, -0.05) is 17.7 Å². The second-order valence-electron chi connectivity index (χ2n) is 5.09. The highest BCUT2D eigenvalue weighted by molar-refractivity contribution is 5.63. The van der Waals surface area contributed by atoms with E-state index in [1.54, 1.807) is 0 Å². The van der Waals surface area contributed by atoms with Crippen molar-refractivity contribution in [2.45, 2.75) is 32.7 Å². The van der Waals surface area contributed by atoms with Crippen LogP contribution in [-0.4, -0.2) is 19.6 Å². The lowest BCUT2D eigenvalue weighted by atomic mass is 9.98. The van der Waals surface area contributed by atoms with Crippen LogP contribution in [0.1, 0.15) is 31.4 Å². The predicted molar refractivity (Wildman–Crippen MR) is 75.3 cm³/mol. The van der Waals surface area contributed by atoms with Crippen LogP contribution >= 0.6 is 0 Å². The highest BCUT2D eigenvalue weighted by atomic mass is 15.1. The number of nitrogens with two attached hydrogens (primary N) is 1. The Bertz CT molecular complexity index is 433. The first kappa shape index (κ1) is 12.2. The van der Waals surface area contributed by atoms with Gasteiger partial charge in [-0.3, -0.25) is 0 Å². The number of hydrogen-bond acceptors (Lipinski definition) is 2. The predicted octanol–water partition coefficient (Wildman–Crippen LogP) is 2.82. The zero-order valence-corrected chi connectivity index (χ0v) is 11.0. The summed E-state index contributed by atoms with van der Waals surface area (Å²) in [5, 5.41) is 0. The number of aryl methyl sites for hydroxylation is 1. The fourth-order valence-electron chi connectivity index (χ4n) is 2.29. The minimum absolute atomic E-state index is 0.133. The molecule has 2 heteroatoms. The molecule has 1 aromatic rings. The zero-order valence-electron chi connectivity index (χ0n) is 11.0. The van der Waals surface area contributed by atoms with Crippen molar-refractivity contribution in [3.05, 3.63) is 34.9 Å². The minimum Gasteiger partial charge on any atom is -0.374 e. The first-order valence-electron chi connectivity index (χ1n) is 6.36. The summed E-state index contributed by atoms with van der Waals surface area (Å²) >= 11 is 0. The molecule has 1 aromatic carbocycles. The van der Waals surface area contributed by atoms with E-state index in [0.717, 1.165) is 0 Å². The molecule has 0 saturated carbocycles. The lowest BCUT2D eigenvalue weighted by molar-refractivity contribution is 0.744. The smallest absolute Gasteiger partial charge is 0.0396 e. The molecule has 0 fully saturated rings. The summed E-state index contributed by atoms with van der Waals surface area (Å²) in [5.41, 5.74) is 11.2. The molecule has 0 amide bonds. The van der Waals surface area contributed by atoms with Crippen LogP contribution in [0.3, 0.4) is 0 Å². The van der Waals surface area contributed by atoms with Crippen molar-refractivity contribution in [1.82, 2.24) is 0 Å². The third kappa shape index (κ3) is 2.70. The minimum atomic E-state index is 0.133. The molecule has 0 aromatic heterocycles. The normalized spacial score (nSPS) is 17.9. The van der Waals surface area contributed by atoms with Gasteiger partial charge in [-0.25, -0.2) is 0 Å². The van der Waals surface area contributed by atoms with Crippen molar-refractivity contribution in [3.63, 3.8) is 0 Å². The van der Waals surface area contributed by atoms with Crippen molar-refractivity contribution < 1.29 is 0 Å².